The molecule has 0 atom stereocenters. The van der Waals surface area contributed by atoms with E-state index in [1.165, 1.54) is 6.07 Å². The third-order valence-electron chi connectivity index (χ3n) is 3.83. The van der Waals surface area contributed by atoms with Gasteiger partial charge in [-0.15, -0.1) is 0 Å². The molecule has 108 valence electrons. The van der Waals surface area contributed by atoms with Gasteiger partial charge >= 0.3 is 5.97 Å². The molecule has 0 heterocycles. The number of carbonyl (C=O) groups excluding carboxylic acids is 1. The van der Waals surface area contributed by atoms with Gasteiger partial charge in [0.1, 0.15) is 0 Å². The lowest BCUT2D eigenvalue weighted by Gasteiger charge is -2.40. The van der Waals surface area contributed by atoms with Crippen LogP contribution in [0.15, 0.2) is 18.2 Å². The molecule has 1 aliphatic rings. The minimum Gasteiger partial charge on any atom is -0.481 e. The molecule has 0 radical (unpaired) electrons. The molecule has 0 unspecified atom stereocenters. The Morgan fingerprint density at radius 3 is 2.60 bits per heavy atom. The summed E-state index contributed by atoms with van der Waals surface area (Å²) in [6.07, 6.45) is 2.77. The second-order valence-electron chi connectivity index (χ2n) is 5.34. The van der Waals surface area contributed by atoms with E-state index in [-0.39, 0.29) is 17.7 Å². The number of halogens is 1. The molecular formula is C14H17ClN2O3. The summed E-state index contributed by atoms with van der Waals surface area (Å²) in [4.78, 5) is 22.9. The van der Waals surface area contributed by atoms with E-state index in [2.05, 4.69) is 5.32 Å². The topological polar surface area (TPSA) is 92.4 Å². The normalized spacial score (nSPS) is 16.2. The molecule has 0 aromatic heterocycles. The maximum absolute atomic E-state index is 12.0. The SMILES string of the molecule is Nc1ccc(C(=O)NCC2(CC(=O)O)CCC2)cc1Cl. The molecular weight excluding hydrogens is 280 g/mol. The number of aliphatic carboxylic acids is 1. The number of anilines is 1. The molecule has 1 fully saturated rings. The fraction of sp³-hybridized carbons (Fsp3) is 0.429. The zero-order valence-electron chi connectivity index (χ0n) is 11.0. The van der Waals surface area contributed by atoms with Crippen LogP contribution in [-0.2, 0) is 4.79 Å². The maximum Gasteiger partial charge on any atom is 0.303 e. The van der Waals surface area contributed by atoms with Crippen LogP contribution in [0.4, 0.5) is 5.69 Å². The van der Waals surface area contributed by atoms with Crippen molar-refractivity contribution in [3.05, 3.63) is 28.8 Å². The van der Waals surface area contributed by atoms with Crippen molar-refractivity contribution < 1.29 is 14.7 Å². The van der Waals surface area contributed by atoms with E-state index >= 15 is 0 Å². The summed E-state index contributed by atoms with van der Waals surface area (Å²) in [5.74, 6) is -1.09. The number of carbonyl (C=O) groups is 2. The first-order valence-corrected chi connectivity index (χ1v) is 6.85. The summed E-state index contributed by atoms with van der Waals surface area (Å²) < 4.78 is 0. The Hall–Kier alpha value is -1.75. The Kier molecular flexibility index (Phi) is 4.18. The number of nitrogens with two attached hydrogens (primary N) is 1. The number of benzene rings is 1. The summed E-state index contributed by atoms with van der Waals surface area (Å²) in [7, 11) is 0. The smallest absolute Gasteiger partial charge is 0.303 e. The van der Waals surface area contributed by atoms with Gasteiger partial charge in [0.25, 0.3) is 5.91 Å². The largest absolute Gasteiger partial charge is 0.481 e. The molecule has 20 heavy (non-hydrogen) atoms. The van der Waals surface area contributed by atoms with Crippen molar-refractivity contribution in [2.75, 3.05) is 12.3 Å². The van der Waals surface area contributed by atoms with E-state index in [1.807, 2.05) is 0 Å². The third kappa shape index (κ3) is 3.22. The van der Waals surface area contributed by atoms with Gasteiger partial charge in [0.05, 0.1) is 17.1 Å². The van der Waals surface area contributed by atoms with Crippen LogP contribution < -0.4 is 11.1 Å². The number of carboxylic acids is 1. The Bertz CT molecular complexity index is 541. The van der Waals surface area contributed by atoms with E-state index in [0.29, 0.717) is 22.8 Å². The van der Waals surface area contributed by atoms with E-state index in [1.54, 1.807) is 12.1 Å². The molecule has 1 amide bonds. The van der Waals surface area contributed by atoms with Gasteiger partial charge in [0.15, 0.2) is 0 Å². The third-order valence-corrected chi connectivity index (χ3v) is 4.15. The highest BCUT2D eigenvalue weighted by Crippen LogP contribution is 2.43. The van der Waals surface area contributed by atoms with Crippen LogP contribution in [0.3, 0.4) is 0 Å². The summed E-state index contributed by atoms with van der Waals surface area (Å²) >= 11 is 5.87. The minimum absolute atomic E-state index is 0.0930. The quantitative estimate of drug-likeness (QED) is 0.727. The first-order chi connectivity index (χ1) is 9.42. The van der Waals surface area contributed by atoms with Gasteiger partial charge in [0.2, 0.25) is 0 Å². The van der Waals surface area contributed by atoms with Gasteiger partial charge in [0, 0.05) is 12.1 Å². The molecule has 1 aromatic carbocycles. The number of hydrogen-bond donors (Lipinski definition) is 3. The lowest BCUT2D eigenvalue weighted by Crippen LogP contribution is -2.43. The molecule has 1 saturated carbocycles. The van der Waals surface area contributed by atoms with Crippen molar-refractivity contribution in [3.63, 3.8) is 0 Å². The van der Waals surface area contributed by atoms with E-state index in [9.17, 15) is 9.59 Å². The predicted molar refractivity (Wildman–Crippen MR) is 76.7 cm³/mol. The number of carboxylic acid groups (broad SMARTS) is 1. The van der Waals surface area contributed by atoms with Crippen molar-refractivity contribution in [1.29, 1.82) is 0 Å². The van der Waals surface area contributed by atoms with Gasteiger partial charge in [-0.2, -0.15) is 0 Å². The van der Waals surface area contributed by atoms with E-state index < -0.39 is 5.97 Å². The predicted octanol–water partition coefficient (Wildman–Crippen LogP) is 2.30. The van der Waals surface area contributed by atoms with Crippen LogP contribution in [0.2, 0.25) is 5.02 Å². The van der Waals surface area contributed by atoms with Crippen molar-refractivity contribution in [2.24, 2.45) is 5.41 Å². The highest BCUT2D eigenvalue weighted by molar-refractivity contribution is 6.33. The number of rotatable bonds is 5. The van der Waals surface area contributed by atoms with Gasteiger partial charge in [-0.25, -0.2) is 0 Å². The number of nitrogen functional groups attached to an aromatic ring is 1. The number of hydrogen-bond acceptors (Lipinski definition) is 3. The Balaban J connectivity index is 1.97. The maximum atomic E-state index is 12.0. The fourth-order valence-corrected chi connectivity index (χ4v) is 2.63. The molecule has 1 aliphatic carbocycles. The summed E-state index contributed by atoms with van der Waals surface area (Å²) in [5, 5.41) is 12.0. The Labute approximate surface area is 122 Å². The summed E-state index contributed by atoms with van der Waals surface area (Å²) in [6.45, 7) is 0.375. The van der Waals surface area contributed by atoms with Crippen LogP contribution in [0, 0.1) is 5.41 Å². The molecule has 0 aliphatic heterocycles. The molecule has 2 rings (SSSR count). The minimum atomic E-state index is -0.825. The van der Waals surface area contributed by atoms with Crippen LogP contribution in [-0.4, -0.2) is 23.5 Å². The molecule has 1 aromatic rings. The highest BCUT2D eigenvalue weighted by atomic mass is 35.5. The first kappa shape index (κ1) is 14.7. The first-order valence-electron chi connectivity index (χ1n) is 6.47. The average Bonchev–Trinajstić information content (AvgIpc) is 2.35. The monoisotopic (exact) mass is 296 g/mol. The van der Waals surface area contributed by atoms with Gasteiger partial charge < -0.3 is 16.2 Å². The van der Waals surface area contributed by atoms with Crippen molar-refractivity contribution in [3.8, 4) is 0 Å². The van der Waals surface area contributed by atoms with Crippen LogP contribution in [0.25, 0.3) is 0 Å². The molecule has 0 bridgehead atoms. The fourth-order valence-electron chi connectivity index (χ4n) is 2.45. The van der Waals surface area contributed by atoms with Gasteiger partial charge in [-0.3, -0.25) is 9.59 Å². The van der Waals surface area contributed by atoms with E-state index in [4.69, 9.17) is 22.4 Å². The second kappa shape index (κ2) is 5.71. The summed E-state index contributed by atoms with van der Waals surface area (Å²) in [6, 6.07) is 4.69. The Morgan fingerprint density at radius 1 is 1.40 bits per heavy atom. The lowest BCUT2D eigenvalue weighted by molar-refractivity contribution is -0.141. The molecule has 0 saturated heterocycles. The standard InChI is InChI=1S/C14H17ClN2O3/c15-10-6-9(2-3-11(10)16)13(20)17-8-14(4-1-5-14)7-12(18)19/h2-3,6H,1,4-5,7-8,16H2,(H,17,20)(H,18,19). The lowest BCUT2D eigenvalue weighted by atomic mass is 9.66. The Morgan fingerprint density at radius 2 is 2.10 bits per heavy atom. The molecule has 6 heteroatoms. The van der Waals surface area contributed by atoms with Crippen molar-refractivity contribution in [1.82, 2.24) is 5.32 Å². The van der Waals surface area contributed by atoms with Crippen LogP contribution in [0.1, 0.15) is 36.0 Å². The van der Waals surface area contributed by atoms with Crippen molar-refractivity contribution >= 4 is 29.2 Å². The number of amides is 1. The van der Waals surface area contributed by atoms with Crippen LogP contribution >= 0.6 is 11.6 Å². The highest BCUT2D eigenvalue weighted by Gasteiger charge is 2.39. The molecule has 4 N–H and O–H groups in total. The van der Waals surface area contributed by atoms with Crippen molar-refractivity contribution in [2.45, 2.75) is 25.7 Å². The zero-order valence-corrected chi connectivity index (χ0v) is 11.7. The molecule has 5 nitrogen and oxygen atoms in total. The zero-order chi connectivity index (χ0) is 14.8. The average molecular weight is 297 g/mol. The molecule has 0 spiro atoms. The second-order valence-corrected chi connectivity index (χ2v) is 5.75. The number of nitrogens with one attached hydrogen (secondary N) is 1. The van der Waals surface area contributed by atoms with E-state index in [0.717, 1.165) is 19.3 Å². The van der Waals surface area contributed by atoms with Crippen LogP contribution in [0.5, 0.6) is 0 Å². The summed E-state index contributed by atoms with van der Waals surface area (Å²) in [5.41, 5.74) is 6.14. The van der Waals surface area contributed by atoms with Gasteiger partial charge in [-0.05, 0) is 36.5 Å². The van der Waals surface area contributed by atoms with Gasteiger partial charge in [-0.1, -0.05) is 18.0 Å².